The molecule has 24 heavy (non-hydrogen) atoms. The van der Waals surface area contributed by atoms with E-state index in [2.05, 4.69) is 24.5 Å². The van der Waals surface area contributed by atoms with Gasteiger partial charge in [0.15, 0.2) is 0 Å². The maximum atomic E-state index is 12.7. The summed E-state index contributed by atoms with van der Waals surface area (Å²) in [6.45, 7) is 6.09. The van der Waals surface area contributed by atoms with E-state index in [9.17, 15) is 14.4 Å². The Bertz CT molecular complexity index is 484. The number of carbonyl (C=O) groups excluding carboxylic acids is 3. The monoisotopic (exact) mass is 337 g/mol. The lowest BCUT2D eigenvalue weighted by Gasteiger charge is -2.33. The summed E-state index contributed by atoms with van der Waals surface area (Å²) in [7, 11) is 0. The largest absolute Gasteiger partial charge is 0.352 e. The van der Waals surface area contributed by atoms with Gasteiger partial charge < -0.3 is 10.6 Å². The molecule has 6 nitrogen and oxygen atoms in total. The Balaban J connectivity index is 1.87. The Morgan fingerprint density at radius 1 is 1.33 bits per heavy atom. The number of amides is 4. The fourth-order valence-electron chi connectivity index (χ4n) is 3.65. The van der Waals surface area contributed by atoms with Crippen LogP contribution in [0.1, 0.15) is 72.1 Å². The minimum Gasteiger partial charge on any atom is -0.352 e. The number of nitrogens with zero attached hydrogens (tertiary/aromatic N) is 1. The fraction of sp³-hybridized carbons (Fsp3) is 0.833. The molecule has 2 fully saturated rings. The molecule has 1 saturated heterocycles. The Morgan fingerprint density at radius 2 is 2.00 bits per heavy atom. The third-order valence-electron chi connectivity index (χ3n) is 5.32. The maximum absolute atomic E-state index is 12.7. The number of rotatable bonds is 7. The molecule has 6 heteroatoms. The van der Waals surface area contributed by atoms with Gasteiger partial charge in [0.05, 0.1) is 0 Å². The standard InChI is InChI=1S/C18H31N3O3/c1-4-5-6-7-14(3)19-15(22)12-21-16(23)18(20-17(21)24)10-8-13(2)9-11-18/h13-14H,4-12H2,1-3H3,(H,19,22)(H,20,24)/t13?,14-,18?/m0/s1. The van der Waals surface area contributed by atoms with Gasteiger partial charge in [-0.1, -0.05) is 33.1 Å². The number of unbranched alkanes of at least 4 members (excludes halogenated alkanes) is 2. The molecule has 0 unspecified atom stereocenters. The molecular weight excluding hydrogens is 306 g/mol. The van der Waals surface area contributed by atoms with Crippen molar-refractivity contribution in [2.45, 2.75) is 83.7 Å². The maximum Gasteiger partial charge on any atom is 0.325 e. The van der Waals surface area contributed by atoms with Gasteiger partial charge in [-0.25, -0.2) is 4.79 Å². The lowest BCUT2D eigenvalue weighted by atomic mass is 9.77. The molecule has 0 bridgehead atoms. The van der Waals surface area contributed by atoms with Crippen LogP contribution >= 0.6 is 0 Å². The summed E-state index contributed by atoms with van der Waals surface area (Å²) in [5.74, 6) is 0.0959. The lowest BCUT2D eigenvalue weighted by Crippen LogP contribution is -2.50. The zero-order valence-electron chi connectivity index (χ0n) is 15.2. The average molecular weight is 337 g/mol. The first-order valence-electron chi connectivity index (χ1n) is 9.31. The van der Waals surface area contributed by atoms with Crippen LogP contribution in [-0.2, 0) is 9.59 Å². The second kappa shape index (κ2) is 7.99. The molecule has 2 aliphatic rings. The zero-order valence-corrected chi connectivity index (χ0v) is 15.2. The van der Waals surface area contributed by atoms with E-state index in [0.717, 1.165) is 43.4 Å². The van der Waals surface area contributed by atoms with Gasteiger partial charge in [-0.2, -0.15) is 0 Å². The number of hydrogen-bond donors (Lipinski definition) is 2. The van der Waals surface area contributed by atoms with E-state index in [-0.39, 0.29) is 24.4 Å². The van der Waals surface area contributed by atoms with Crippen LogP contribution in [-0.4, -0.2) is 40.9 Å². The molecule has 0 radical (unpaired) electrons. The molecule has 1 aliphatic carbocycles. The van der Waals surface area contributed by atoms with Gasteiger partial charge in [-0.3, -0.25) is 14.5 Å². The molecule has 0 aromatic rings. The first kappa shape index (κ1) is 18.7. The van der Waals surface area contributed by atoms with Crippen molar-refractivity contribution in [3.63, 3.8) is 0 Å². The van der Waals surface area contributed by atoms with E-state index in [1.165, 1.54) is 0 Å². The summed E-state index contributed by atoms with van der Waals surface area (Å²) in [6.07, 6.45) is 7.48. The summed E-state index contributed by atoms with van der Waals surface area (Å²) in [5.41, 5.74) is -0.767. The molecule has 4 amide bonds. The van der Waals surface area contributed by atoms with Crippen molar-refractivity contribution in [2.24, 2.45) is 5.92 Å². The quantitative estimate of drug-likeness (QED) is 0.553. The Kier molecular flexibility index (Phi) is 6.24. The van der Waals surface area contributed by atoms with Crippen LogP contribution in [0.2, 0.25) is 0 Å². The first-order valence-corrected chi connectivity index (χ1v) is 9.31. The van der Waals surface area contributed by atoms with Crippen LogP contribution in [0, 0.1) is 5.92 Å². The Labute approximate surface area is 144 Å². The summed E-state index contributed by atoms with van der Waals surface area (Å²) in [5, 5.41) is 5.74. The van der Waals surface area contributed by atoms with E-state index in [1.54, 1.807) is 0 Å². The molecule has 136 valence electrons. The lowest BCUT2D eigenvalue weighted by molar-refractivity contribution is -0.136. The van der Waals surface area contributed by atoms with Crippen LogP contribution in [0.25, 0.3) is 0 Å². The van der Waals surface area contributed by atoms with Gasteiger partial charge in [-0.15, -0.1) is 0 Å². The number of urea groups is 1. The Morgan fingerprint density at radius 3 is 2.62 bits per heavy atom. The van der Waals surface area contributed by atoms with Gasteiger partial charge >= 0.3 is 6.03 Å². The van der Waals surface area contributed by atoms with Crippen molar-refractivity contribution in [3.8, 4) is 0 Å². The SMILES string of the molecule is CCCCC[C@H](C)NC(=O)CN1C(=O)NC2(CCC(C)CC2)C1=O. The second-order valence-corrected chi connectivity index (χ2v) is 7.55. The number of carbonyl (C=O) groups is 3. The molecular formula is C18H31N3O3. The van der Waals surface area contributed by atoms with Crippen molar-refractivity contribution in [1.82, 2.24) is 15.5 Å². The van der Waals surface area contributed by atoms with Gasteiger partial charge in [0.1, 0.15) is 12.1 Å². The molecule has 1 atom stereocenters. The van der Waals surface area contributed by atoms with Crippen LogP contribution in [0.5, 0.6) is 0 Å². The van der Waals surface area contributed by atoms with Crippen molar-refractivity contribution < 1.29 is 14.4 Å². The third kappa shape index (κ3) is 4.28. The number of hydrogen-bond acceptors (Lipinski definition) is 3. The van der Waals surface area contributed by atoms with Gasteiger partial charge in [0.25, 0.3) is 5.91 Å². The van der Waals surface area contributed by atoms with E-state index in [0.29, 0.717) is 18.8 Å². The van der Waals surface area contributed by atoms with Gasteiger partial charge in [0, 0.05) is 6.04 Å². The van der Waals surface area contributed by atoms with Crippen molar-refractivity contribution >= 4 is 17.8 Å². The Hall–Kier alpha value is -1.59. The molecule has 1 spiro atoms. The average Bonchev–Trinajstić information content (AvgIpc) is 2.75. The van der Waals surface area contributed by atoms with Gasteiger partial charge in [0.2, 0.25) is 5.91 Å². The number of imide groups is 1. The molecule has 1 saturated carbocycles. The summed E-state index contributed by atoms with van der Waals surface area (Å²) in [4.78, 5) is 38.1. The minimum absolute atomic E-state index is 0.0642. The highest BCUT2D eigenvalue weighted by atomic mass is 16.2. The normalized spacial score (nSPS) is 28.1. The smallest absolute Gasteiger partial charge is 0.325 e. The van der Waals surface area contributed by atoms with Crippen molar-refractivity contribution in [1.29, 1.82) is 0 Å². The van der Waals surface area contributed by atoms with E-state index in [4.69, 9.17) is 0 Å². The molecule has 1 heterocycles. The predicted octanol–water partition coefficient (Wildman–Crippen LogP) is 2.57. The number of nitrogens with one attached hydrogen (secondary N) is 2. The predicted molar refractivity (Wildman–Crippen MR) is 92.4 cm³/mol. The molecule has 1 aliphatic heterocycles. The van der Waals surface area contributed by atoms with Crippen molar-refractivity contribution in [3.05, 3.63) is 0 Å². The highest BCUT2D eigenvalue weighted by Gasteiger charge is 2.52. The second-order valence-electron chi connectivity index (χ2n) is 7.55. The van der Waals surface area contributed by atoms with E-state index < -0.39 is 11.6 Å². The molecule has 2 N–H and O–H groups in total. The van der Waals surface area contributed by atoms with Crippen LogP contribution in [0.3, 0.4) is 0 Å². The highest BCUT2D eigenvalue weighted by Crippen LogP contribution is 2.36. The van der Waals surface area contributed by atoms with Crippen LogP contribution in [0.4, 0.5) is 4.79 Å². The third-order valence-corrected chi connectivity index (χ3v) is 5.32. The minimum atomic E-state index is -0.767. The molecule has 0 aromatic heterocycles. The van der Waals surface area contributed by atoms with Gasteiger partial charge in [-0.05, 0) is 44.9 Å². The van der Waals surface area contributed by atoms with E-state index in [1.807, 2.05) is 6.92 Å². The highest BCUT2D eigenvalue weighted by molar-refractivity contribution is 6.09. The summed E-state index contributed by atoms with van der Waals surface area (Å²) < 4.78 is 0. The first-order chi connectivity index (χ1) is 11.4. The fourth-order valence-corrected chi connectivity index (χ4v) is 3.65. The van der Waals surface area contributed by atoms with Crippen LogP contribution in [0.15, 0.2) is 0 Å². The summed E-state index contributed by atoms with van der Waals surface area (Å²) >= 11 is 0. The van der Waals surface area contributed by atoms with E-state index >= 15 is 0 Å². The zero-order chi connectivity index (χ0) is 17.7. The molecule has 2 rings (SSSR count). The topological polar surface area (TPSA) is 78.5 Å². The van der Waals surface area contributed by atoms with Crippen molar-refractivity contribution in [2.75, 3.05) is 6.54 Å². The van der Waals surface area contributed by atoms with Crippen LogP contribution < -0.4 is 10.6 Å². The summed E-state index contributed by atoms with van der Waals surface area (Å²) in [6, 6.07) is -0.363. The molecule has 0 aromatic carbocycles.